The van der Waals surface area contributed by atoms with Gasteiger partial charge in [-0.15, -0.1) is 0 Å². The van der Waals surface area contributed by atoms with Crippen molar-refractivity contribution >= 4 is 39.3 Å². The van der Waals surface area contributed by atoms with Crippen LogP contribution in [-0.2, 0) is 16.1 Å². The fraction of sp³-hybridized carbons (Fsp3) is 0.423. The normalized spacial score (nSPS) is 20.8. The van der Waals surface area contributed by atoms with Gasteiger partial charge in [-0.3, -0.25) is 4.79 Å². The zero-order chi connectivity index (χ0) is 23.4. The molecule has 1 aromatic heterocycles. The Bertz CT molecular complexity index is 1290. The minimum Gasteiger partial charge on any atom is -0.457 e. The van der Waals surface area contributed by atoms with Crippen molar-refractivity contribution in [1.29, 1.82) is 0 Å². The molecule has 0 unspecified atom stereocenters. The molecule has 6 rings (SSSR count). The summed E-state index contributed by atoms with van der Waals surface area (Å²) >= 11 is 1.41. The zero-order valence-corrected chi connectivity index (χ0v) is 19.9. The molecule has 3 aliphatic rings. The van der Waals surface area contributed by atoms with Crippen molar-refractivity contribution in [2.24, 2.45) is 5.41 Å². The molecule has 2 fully saturated rings. The minimum absolute atomic E-state index is 0.223. The Morgan fingerprint density at radius 2 is 1.88 bits per heavy atom. The number of β-amino-alcohol motifs (C(OH)–C–C–N with tert-alkyl or cyclic N) is 1. The number of aromatic nitrogens is 1. The first-order valence-electron chi connectivity index (χ1n) is 11.8. The lowest BCUT2D eigenvalue weighted by atomic mass is 9.77. The van der Waals surface area contributed by atoms with Crippen molar-refractivity contribution in [2.45, 2.75) is 38.9 Å². The summed E-state index contributed by atoms with van der Waals surface area (Å²) < 4.78 is 9.66. The molecule has 0 aliphatic carbocycles. The number of aliphatic hydroxyl groups excluding tert-OH is 1. The van der Waals surface area contributed by atoms with Crippen LogP contribution in [0.15, 0.2) is 36.4 Å². The van der Waals surface area contributed by atoms with E-state index in [0.717, 1.165) is 71.5 Å². The quantitative estimate of drug-likeness (QED) is 0.575. The summed E-state index contributed by atoms with van der Waals surface area (Å²) in [7, 11) is 0. The van der Waals surface area contributed by atoms with Crippen LogP contribution in [0, 0.1) is 12.3 Å². The third-order valence-electron chi connectivity index (χ3n) is 7.93. The number of cyclic esters (lactones) is 1. The van der Waals surface area contributed by atoms with Crippen molar-refractivity contribution in [1.82, 2.24) is 9.27 Å². The first kappa shape index (κ1) is 21.7. The van der Waals surface area contributed by atoms with E-state index in [0.29, 0.717) is 12.1 Å². The molecule has 176 valence electrons. The molecule has 1 N–H and O–H groups in total. The van der Waals surface area contributed by atoms with Gasteiger partial charge in [0.25, 0.3) is 0 Å². The smallest absolute Gasteiger partial charge is 0.338 e. The lowest BCUT2D eigenvalue weighted by molar-refractivity contribution is -0.128. The van der Waals surface area contributed by atoms with Gasteiger partial charge < -0.3 is 19.6 Å². The number of rotatable bonds is 4. The largest absolute Gasteiger partial charge is 0.457 e. The van der Waals surface area contributed by atoms with E-state index in [2.05, 4.69) is 9.27 Å². The number of amides is 1. The summed E-state index contributed by atoms with van der Waals surface area (Å²) in [5, 5.41) is 13.0. The molecule has 4 heterocycles. The van der Waals surface area contributed by atoms with E-state index in [4.69, 9.17) is 4.74 Å². The highest BCUT2D eigenvalue weighted by atomic mass is 32.1. The van der Waals surface area contributed by atoms with Crippen LogP contribution in [0.1, 0.15) is 52.4 Å². The average molecular weight is 478 g/mol. The second-order valence-electron chi connectivity index (χ2n) is 9.69. The van der Waals surface area contributed by atoms with Gasteiger partial charge in [-0.2, -0.15) is 4.37 Å². The van der Waals surface area contributed by atoms with Gasteiger partial charge in [-0.05, 0) is 80.1 Å². The summed E-state index contributed by atoms with van der Waals surface area (Å²) in [6.07, 6.45) is 1.83. The first-order chi connectivity index (χ1) is 16.5. The van der Waals surface area contributed by atoms with Gasteiger partial charge in [-0.25, -0.2) is 4.79 Å². The number of esters is 1. The van der Waals surface area contributed by atoms with Crippen LogP contribution in [0.3, 0.4) is 0 Å². The van der Waals surface area contributed by atoms with E-state index in [1.54, 1.807) is 6.07 Å². The summed E-state index contributed by atoms with van der Waals surface area (Å²) in [4.78, 5) is 29.6. The van der Waals surface area contributed by atoms with Crippen LogP contribution in [-0.4, -0.2) is 52.4 Å². The number of ether oxygens (including phenoxy) is 1. The van der Waals surface area contributed by atoms with Gasteiger partial charge in [0.05, 0.1) is 22.6 Å². The lowest BCUT2D eigenvalue weighted by Crippen LogP contribution is -2.45. The van der Waals surface area contributed by atoms with Gasteiger partial charge in [0, 0.05) is 24.0 Å². The van der Waals surface area contributed by atoms with Crippen LogP contribution >= 0.6 is 11.5 Å². The fourth-order valence-electron chi connectivity index (χ4n) is 5.78. The highest BCUT2D eigenvalue weighted by molar-refractivity contribution is 7.12. The number of nitrogens with zero attached hydrogens (tertiary/aromatic N) is 3. The molecule has 1 amide bonds. The van der Waals surface area contributed by atoms with Crippen LogP contribution < -0.4 is 4.90 Å². The van der Waals surface area contributed by atoms with Gasteiger partial charge in [0.2, 0.25) is 5.91 Å². The summed E-state index contributed by atoms with van der Waals surface area (Å²) in [5.74, 6) is -0.0664. The SMILES string of the molecule is Cc1c([C@@H](O)CN2CCC3(CC2)CCN(c2snc4ccccc24)C3=O)ccc2c1COC2=O. The van der Waals surface area contributed by atoms with Crippen LogP contribution in [0.2, 0.25) is 0 Å². The molecule has 0 saturated carbocycles. The van der Waals surface area contributed by atoms with E-state index >= 15 is 0 Å². The molecule has 3 aromatic rings. The minimum atomic E-state index is -0.644. The van der Waals surface area contributed by atoms with Crippen molar-refractivity contribution < 1.29 is 19.4 Å². The average Bonchev–Trinajstić information content (AvgIpc) is 3.53. The highest BCUT2D eigenvalue weighted by Crippen LogP contribution is 2.45. The second-order valence-corrected chi connectivity index (χ2v) is 10.4. The van der Waals surface area contributed by atoms with Gasteiger partial charge in [0.15, 0.2) is 0 Å². The fourth-order valence-corrected chi connectivity index (χ4v) is 6.67. The molecule has 1 spiro atoms. The maximum absolute atomic E-state index is 13.6. The van der Waals surface area contributed by atoms with Crippen molar-refractivity contribution in [3.63, 3.8) is 0 Å². The van der Waals surface area contributed by atoms with E-state index in [-0.39, 0.29) is 23.9 Å². The first-order valence-corrected chi connectivity index (χ1v) is 12.6. The Morgan fingerprint density at radius 1 is 1.12 bits per heavy atom. The predicted molar refractivity (Wildman–Crippen MR) is 130 cm³/mol. The number of hydrogen-bond acceptors (Lipinski definition) is 7. The highest BCUT2D eigenvalue weighted by Gasteiger charge is 2.49. The molecular weight excluding hydrogens is 450 g/mol. The van der Waals surface area contributed by atoms with Gasteiger partial charge in [-0.1, -0.05) is 18.2 Å². The Hall–Kier alpha value is -2.81. The second kappa shape index (κ2) is 8.15. The predicted octanol–water partition coefficient (Wildman–Crippen LogP) is 3.83. The number of hydrogen-bond donors (Lipinski definition) is 1. The monoisotopic (exact) mass is 477 g/mol. The third kappa shape index (κ3) is 3.35. The molecule has 2 saturated heterocycles. The Kier molecular flexibility index (Phi) is 5.20. The third-order valence-corrected chi connectivity index (χ3v) is 8.84. The van der Waals surface area contributed by atoms with E-state index in [9.17, 15) is 14.7 Å². The standard InChI is InChI=1S/C26H27N3O4S/c1-16-17(6-7-18-20(16)15-33-24(18)31)22(30)14-28-11-8-26(9-12-28)10-13-29(25(26)32)23-19-4-2-3-5-21(19)27-34-23/h2-7,22,30H,8-15H2,1H3/t22-/m0/s1. The summed E-state index contributed by atoms with van der Waals surface area (Å²) in [5.41, 5.74) is 3.89. The summed E-state index contributed by atoms with van der Waals surface area (Å²) in [6.45, 7) is 5.04. The number of likely N-dealkylation sites (tertiary alicyclic amines) is 1. The Morgan fingerprint density at radius 3 is 2.71 bits per heavy atom. The number of carbonyl (C=O) groups excluding carboxylic acids is 2. The maximum Gasteiger partial charge on any atom is 0.338 e. The molecule has 0 bridgehead atoms. The molecule has 34 heavy (non-hydrogen) atoms. The van der Waals surface area contributed by atoms with E-state index in [1.165, 1.54) is 11.5 Å². The van der Waals surface area contributed by atoms with Crippen molar-refractivity contribution in [2.75, 3.05) is 31.1 Å². The zero-order valence-electron chi connectivity index (χ0n) is 19.1. The number of fused-ring (bicyclic) bond motifs is 2. The molecule has 1 atom stereocenters. The van der Waals surface area contributed by atoms with E-state index in [1.807, 2.05) is 42.2 Å². The van der Waals surface area contributed by atoms with E-state index < -0.39 is 6.10 Å². The number of anilines is 1. The molecule has 3 aliphatic heterocycles. The molecule has 2 aromatic carbocycles. The Balaban J connectivity index is 1.13. The number of benzene rings is 2. The lowest BCUT2D eigenvalue weighted by Gasteiger charge is -2.38. The molecule has 7 nitrogen and oxygen atoms in total. The van der Waals surface area contributed by atoms with Gasteiger partial charge >= 0.3 is 5.97 Å². The van der Waals surface area contributed by atoms with Crippen molar-refractivity contribution in [3.8, 4) is 0 Å². The molecule has 8 heteroatoms. The number of piperidine rings is 1. The molecular formula is C26H27N3O4S. The van der Waals surface area contributed by atoms with Crippen LogP contribution in [0.4, 0.5) is 5.00 Å². The summed E-state index contributed by atoms with van der Waals surface area (Å²) in [6, 6.07) is 11.6. The topological polar surface area (TPSA) is 83.0 Å². The van der Waals surface area contributed by atoms with Crippen molar-refractivity contribution in [3.05, 3.63) is 58.7 Å². The Labute approximate surface area is 202 Å². The van der Waals surface area contributed by atoms with Crippen LogP contribution in [0.25, 0.3) is 10.9 Å². The number of aliphatic hydroxyl groups is 1. The van der Waals surface area contributed by atoms with Gasteiger partial charge in [0.1, 0.15) is 11.6 Å². The molecule has 0 radical (unpaired) electrons. The number of carbonyl (C=O) groups is 2. The maximum atomic E-state index is 13.6. The van der Waals surface area contributed by atoms with Crippen LogP contribution in [0.5, 0.6) is 0 Å².